The number of alkyl halides is 2. The lowest BCUT2D eigenvalue weighted by Crippen LogP contribution is -2.26. The van der Waals surface area contributed by atoms with Gasteiger partial charge in [0.2, 0.25) is 0 Å². The number of hydrogen-bond donors (Lipinski definition) is 1. The molecule has 0 aliphatic rings. The molecule has 3 nitrogen and oxygen atoms in total. The Bertz CT molecular complexity index is 127. The summed E-state index contributed by atoms with van der Waals surface area (Å²) in [5, 5.41) is 8.62. The van der Waals surface area contributed by atoms with Gasteiger partial charge in [0.25, 0.3) is 0 Å². The van der Waals surface area contributed by atoms with Gasteiger partial charge in [-0.15, -0.1) is 23.2 Å². The van der Waals surface area contributed by atoms with Crippen molar-refractivity contribution in [3.05, 3.63) is 0 Å². The molecular weight excluding hydrogens is 191 g/mol. The van der Waals surface area contributed by atoms with E-state index < -0.39 is 23.3 Å². The second kappa shape index (κ2) is 5.63. The first-order chi connectivity index (χ1) is 5.13. The third-order valence-electron chi connectivity index (χ3n) is 1.09. The molecule has 0 aromatic heterocycles. The highest BCUT2D eigenvalue weighted by molar-refractivity contribution is 6.45. The first kappa shape index (κ1) is 11.0. The van der Waals surface area contributed by atoms with E-state index in [1.165, 1.54) is 0 Å². The van der Waals surface area contributed by atoms with Crippen LogP contribution >= 0.6 is 23.2 Å². The van der Waals surface area contributed by atoms with E-state index in [0.29, 0.717) is 0 Å². The molecule has 0 aliphatic heterocycles. The summed E-state index contributed by atoms with van der Waals surface area (Å²) in [6.07, 6.45) is 0. The molecule has 5 heteroatoms. The molecular formula is C6H10Cl2O3. The highest BCUT2D eigenvalue weighted by Crippen LogP contribution is 2.15. The largest absolute Gasteiger partial charge is 0.466 e. The molecule has 0 radical (unpaired) electrons. The standard InChI is InChI=1S/C6H10Cl2O3/c1-2-11-6(10)4(3-9)5(7)8/h4-5,9H,2-3H2,1H3. The fourth-order valence-electron chi connectivity index (χ4n) is 0.506. The molecule has 1 unspecified atom stereocenters. The van der Waals surface area contributed by atoms with Crippen LogP contribution in [0.2, 0.25) is 0 Å². The second-order valence-electron chi connectivity index (χ2n) is 1.88. The van der Waals surface area contributed by atoms with Crippen molar-refractivity contribution in [2.75, 3.05) is 13.2 Å². The van der Waals surface area contributed by atoms with Crippen molar-refractivity contribution < 1.29 is 14.6 Å². The number of carbonyl (C=O) groups excluding carboxylic acids is 1. The molecule has 0 aromatic carbocycles. The Hall–Kier alpha value is 0.01000. The van der Waals surface area contributed by atoms with Gasteiger partial charge in [0, 0.05) is 0 Å². The monoisotopic (exact) mass is 200 g/mol. The van der Waals surface area contributed by atoms with Crippen LogP contribution < -0.4 is 0 Å². The molecule has 0 saturated heterocycles. The van der Waals surface area contributed by atoms with E-state index in [9.17, 15) is 4.79 Å². The molecule has 1 atom stereocenters. The number of aliphatic hydroxyl groups excluding tert-OH is 1. The van der Waals surface area contributed by atoms with Gasteiger partial charge in [-0.2, -0.15) is 0 Å². The lowest BCUT2D eigenvalue weighted by Gasteiger charge is -2.12. The van der Waals surface area contributed by atoms with Crippen molar-refractivity contribution in [3.63, 3.8) is 0 Å². The number of esters is 1. The summed E-state index contributed by atoms with van der Waals surface area (Å²) in [6.45, 7) is 1.54. The van der Waals surface area contributed by atoms with E-state index >= 15 is 0 Å². The van der Waals surface area contributed by atoms with Gasteiger partial charge in [-0.05, 0) is 6.92 Å². The molecule has 11 heavy (non-hydrogen) atoms. The summed E-state index contributed by atoms with van der Waals surface area (Å²) in [7, 11) is 0. The van der Waals surface area contributed by atoms with Crippen molar-refractivity contribution in [3.8, 4) is 0 Å². The van der Waals surface area contributed by atoms with Crippen molar-refractivity contribution in [2.45, 2.75) is 11.8 Å². The van der Waals surface area contributed by atoms with E-state index in [4.69, 9.17) is 28.3 Å². The summed E-state index contributed by atoms with van der Waals surface area (Å²) in [6, 6.07) is 0. The lowest BCUT2D eigenvalue weighted by molar-refractivity contribution is -0.148. The predicted octanol–water partition coefficient (Wildman–Crippen LogP) is 0.962. The van der Waals surface area contributed by atoms with E-state index in [1.807, 2.05) is 0 Å². The van der Waals surface area contributed by atoms with Gasteiger partial charge >= 0.3 is 5.97 Å². The predicted molar refractivity (Wildman–Crippen MR) is 42.7 cm³/mol. The molecule has 0 saturated carbocycles. The maximum absolute atomic E-state index is 10.9. The molecule has 0 amide bonds. The SMILES string of the molecule is CCOC(=O)C(CO)C(Cl)Cl. The average Bonchev–Trinajstić information content (AvgIpc) is 1.88. The van der Waals surface area contributed by atoms with Crippen molar-refractivity contribution in [2.24, 2.45) is 5.92 Å². The Morgan fingerprint density at radius 2 is 2.18 bits per heavy atom. The van der Waals surface area contributed by atoms with Gasteiger partial charge in [0.15, 0.2) is 0 Å². The van der Waals surface area contributed by atoms with Crippen LogP contribution in [-0.4, -0.2) is 29.1 Å². The Morgan fingerprint density at radius 3 is 2.45 bits per heavy atom. The minimum absolute atomic E-state index is 0.260. The Kier molecular flexibility index (Phi) is 5.64. The van der Waals surface area contributed by atoms with Gasteiger partial charge in [0.1, 0.15) is 10.8 Å². The van der Waals surface area contributed by atoms with E-state index in [1.54, 1.807) is 6.92 Å². The summed E-state index contributed by atoms with van der Waals surface area (Å²) < 4.78 is 4.59. The summed E-state index contributed by atoms with van der Waals surface area (Å²) >= 11 is 10.8. The number of carbonyl (C=O) groups is 1. The number of halogens is 2. The van der Waals surface area contributed by atoms with Crippen LogP contribution in [0.3, 0.4) is 0 Å². The molecule has 66 valence electrons. The summed E-state index contributed by atoms with van der Waals surface area (Å²) in [5.41, 5.74) is 0. The van der Waals surface area contributed by atoms with E-state index in [2.05, 4.69) is 4.74 Å². The minimum Gasteiger partial charge on any atom is -0.466 e. The van der Waals surface area contributed by atoms with Crippen LogP contribution in [0.25, 0.3) is 0 Å². The van der Waals surface area contributed by atoms with Gasteiger partial charge in [0.05, 0.1) is 13.2 Å². The third-order valence-corrected chi connectivity index (χ3v) is 1.70. The van der Waals surface area contributed by atoms with Crippen LogP contribution in [0.5, 0.6) is 0 Å². The zero-order chi connectivity index (χ0) is 8.85. The van der Waals surface area contributed by atoms with Gasteiger partial charge in [-0.25, -0.2) is 0 Å². The maximum atomic E-state index is 10.9. The molecule has 0 fully saturated rings. The van der Waals surface area contributed by atoms with Crippen LogP contribution in [0, 0.1) is 5.92 Å². The molecule has 0 spiro atoms. The van der Waals surface area contributed by atoms with Crippen molar-refractivity contribution >= 4 is 29.2 Å². The van der Waals surface area contributed by atoms with Gasteiger partial charge in [-0.1, -0.05) is 0 Å². The number of aliphatic hydroxyl groups is 1. The number of rotatable bonds is 4. The van der Waals surface area contributed by atoms with Crippen LogP contribution in [0.4, 0.5) is 0 Å². The van der Waals surface area contributed by atoms with E-state index in [0.717, 1.165) is 0 Å². The molecule has 0 aliphatic carbocycles. The molecule has 0 rings (SSSR count). The lowest BCUT2D eigenvalue weighted by atomic mass is 10.2. The topological polar surface area (TPSA) is 46.5 Å². The van der Waals surface area contributed by atoms with Crippen LogP contribution in [-0.2, 0) is 9.53 Å². The highest BCUT2D eigenvalue weighted by Gasteiger charge is 2.25. The smallest absolute Gasteiger partial charge is 0.314 e. The Morgan fingerprint density at radius 1 is 1.64 bits per heavy atom. The fraction of sp³-hybridized carbons (Fsp3) is 0.833. The van der Waals surface area contributed by atoms with Crippen molar-refractivity contribution in [1.82, 2.24) is 0 Å². The number of ether oxygens (including phenoxy) is 1. The minimum atomic E-state index is -0.918. The van der Waals surface area contributed by atoms with Crippen molar-refractivity contribution in [1.29, 1.82) is 0 Å². The zero-order valence-electron chi connectivity index (χ0n) is 6.09. The highest BCUT2D eigenvalue weighted by atomic mass is 35.5. The second-order valence-corrected chi connectivity index (χ2v) is 3.04. The quantitative estimate of drug-likeness (QED) is 0.544. The van der Waals surface area contributed by atoms with Crippen LogP contribution in [0.15, 0.2) is 0 Å². The molecule has 0 heterocycles. The van der Waals surface area contributed by atoms with Gasteiger partial charge in [-0.3, -0.25) is 4.79 Å². The zero-order valence-corrected chi connectivity index (χ0v) is 7.60. The van der Waals surface area contributed by atoms with Crippen LogP contribution in [0.1, 0.15) is 6.92 Å². The fourth-order valence-corrected chi connectivity index (χ4v) is 0.871. The summed E-state index contributed by atoms with van der Waals surface area (Å²) in [5.74, 6) is -1.40. The Labute approximate surface area is 75.2 Å². The normalized spacial score (nSPS) is 13.2. The molecule has 1 N–H and O–H groups in total. The Balaban J connectivity index is 3.92. The van der Waals surface area contributed by atoms with Gasteiger partial charge < -0.3 is 9.84 Å². The number of hydrogen-bond acceptors (Lipinski definition) is 3. The maximum Gasteiger partial charge on any atom is 0.314 e. The average molecular weight is 201 g/mol. The summed E-state index contributed by atoms with van der Waals surface area (Å²) in [4.78, 5) is 9.95. The first-order valence-electron chi connectivity index (χ1n) is 3.19. The van der Waals surface area contributed by atoms with E-state index in [-0.39, 0.29) is 6.61 Å². The first-order valence-corrected chi connectivity index (χ1v) is 4.06. The molecule has 0 bridgehead atoms. The molecule has 0 aromatic rings. The third kappa shape index (κ3) is 3.79.